The van der Waals surface area contributed by atoms with Gasteiger partial charge in [0.2, 0.25) is 0 Å². The SMILES string of the molecule is CNC(Cc1ccc(OC)c(F)c1)C1(OC)CCCCC1. The first-order valence-corrected chi connectivity index (χ1v) is 7.70. The lowest BCUT2D eigenvalue weighted by Crippen LogP contribution is -2.53. The summed E-state index contributed by atoms with van der Waals surface area (Å²) < 4.78 is 24.7. The van der Waals surface area contributed by atoms with E-state index < -0.39 is 0 Å². The van der Waals surface area contributed by atoms with Gasteiger partial charge in [0, 0.05) is 13.2 Å². The van der Waals surface area contributed by atoms with E-state index in [0.29, 0.717) is 5.75 Å². The number of nitrogens with one attached hydrogen (secondary N) is 1. The summed E-state index contributed by atoms with van der Waals surface area (Å²) in [4.78, 5) is 0. The normalized spacial score (nSPS) is 19.2. The molecule has 2 rings (SSSR count). The van der Waals surface area contributed by atoms with Crippen LogP contribution in [0.4, 0.5) is 4.39 Å². The lowest BCUT2D eigenvalue weighted by atomic mass is 9.77. The molecule has 1 atom stereocenters. The maximum absolute atomic E-state index is 13.8. The smallest absolute Gasteiger partial charge is 0.165 e. The minimum atomic E-state index is -0.306. The fourth-order valence-corrected chi connectivity index (χ4v) is 3.47. The molecule has 0 spiro atoms. The summed E-state index contributed by atoms with van der Waals surface area (Å²) in [7, 11) is 5.24. The number of rotatable bonds is 6. The van der Waals surface area contributed by atoms with Gasteiger partial charge in [0.25, 0.3) is 0 Å². The summed E-state index contributed by atoms with van der Waals surface area (Å²) in [6.07, 6.45) is 6.55. The molecule has 0 amide bonds. The van der Waals surface area contributed by atoms with E-state index in [1.54, 1.807) is 19.2 Å². The van der Waals surface area contributed by atoms with Crippen LogP contribution in [0.1, 0.15) is 37.7 Å². The maximum atomic E-state index is 13.8. The molecule has 1 N–H and O–H groups in total. The molecule has 1 saturated carbocycles. The number of ether oxygens (including phenoxy) is 2. The molecule has 1 aromatic rings. The first kappa shape index (κ1) is 16.2. The molecule has 1 aliphatic carbocycles. The van der Waals surface area contributed by atoms with Crippen molar-refractivity contribution in [1.29, 1.82) is 0 Å². The number of halogens is 1. The summed E-state index contributed by atoms with van der Waals surface area (Å²) in [6, 6.07) is 5.38. The molecule has 0 aliphatic heterocycles. The quantitative estimate of drug-likeness (QED) is 0.873. The highest BCUT2D eigenvalue weighted by Gasteiger charge is 2.39. The van der Waals surface area contributed by atoms with Crippen LogP contribution in [0.5, 0.6) is 5.75 Å². The second kappa shape index (κ2) is 7.23. The van der Waals surface area contributed by atoms with Crippen molar-refractivity contribution in [3.05, 3.63) is 29.6 Å². The van der Waals surface area contributed by atoms with Crippen LogP contribution in [0.15, 0.2) is 18.2 Å². The molecule has 0 radical (unpaired) electrons. The van der Waals surface area contributed by atoms with Crippen LogP contribution < -0.4 is 10.1 Å². The predicted octanol–water partition coefficient (Wildman–Crippen LogP) is 3.31. The lowest BCUT2D eigenvalue weighted by Gasteiger charge is -2.42. The van der Waals surface area contributed by atoms with E-state index in [1.165, 1.54) is 26.4 Å². The van der Waals surface area contributed by atoms with Gasteiger partial charge in [-0.1, -0.05) is 25.3 Å². The third-order valence-electron chi connectivity index (χ3n) is 4.75. The van der Waals surface area contributed by atoms with Gasteiger partial charge >= 0.3 is 0 Å². The summed E-state index contributed by atoms with van der Waals surface area (Å²) >= 11 is 0. The van der Waals surface area contributed by atoms with Crippen molar-refractivity contribution in [2.45, 2.75) is 50.2 Å². The van der Waals surface area contributed by atoms with Crippen LogP contribution in [0.3, 0.4) is 0 Å². The second-order valence-corrected chi connectivity index (χ2v) is 5.84. The molecule has 0 heterocycles. The Morgan fingerprint density at radius 1 is 1.24 bits per heavy atom. The largest absolute Gasteiger partial charge is 0.494 e. The van der Waals surface area contributed by atoms with Crippen molar-refractivity contribution in [2.75, 3.05) is 21.3 Å². The van der Waals surface area contributed by atoms with Crippen molar-refractivity contribution >= 4 is 0 Å². The molecule has 4 heteroatoms. The first-order chi connectivity index (χ1) is 10.1. The van der Waals surface area contributed by atoms with Crippen LogP contribution in [-0.2, 0) is 11.2 Å². The molecule has 0 aromatic heterocycles. The van der Waals surface area contributed by atoms with Gasteiger partial charge in [-0.25, -0.2) is 4.39 Å². The van der Waals surface area contributed by atoms with Crippen molar-refractivity contribution in [1.82, 2.24) is 5.32 Å². The number of hydrogen-bond acceptors (Lipinski definition) is 3. The van der Waals surface area contributed by atoms with Crippen molar-refractivity contribution in [3.8, 4) is 5.75 Å². The van der Waals surface area contributed by atoms with Gasteiger partial charge in [-0.2, -0.15) is 0 Å². The summed E-state index contributed by atoms with van der Waals surface area (Å²) in [6.45, 7) is 0. The maximum Gasteiger partial charge on any atom is 0.165 e. The van der Waals surface area contributed by atoms with Gasteiger partial charge < -0.3 is 14.8 Å². The van der Waals surface area contributed by atoms with Crippen LogP contribution in [-0.4, -0.2) is 32.9 Å². The van der Waals surface area contributed by atoms with Gasteiger partial charge in [-0.3, -0.25) is 0 Å². The van der Waals surface area contributed by atoms with Crippen LogP contribution in [0, 0.1) is 5.82 Å². The van der Waals surface area contributed by atoms with Gasteiger partial charge in [-0.05, 0) is 44.0 Å². The molecule has 1 aromatic carbocycles. The fraction of sp³-hybridized carbons (Fsp3) is 0.647. The third-order valence-corrected chi connectivity index (χ3v) is 4.75. The molecular weight excluding hydrogens is 269 g/mol. The summed E-state index contributed by atoms with van der Waals surface area (Å²) in [5.41, 5.74) is 0.832. The molecule has 0 saturated heterocycles. The Morgan fingerprint density at radius 3 is 2.48 bits per heavy atom. The molecule has 1 aliphatic rings. The van der Waals surface area contributed by atoms with Crippen molar-refractivity contribution < 1.29 is 13.9 Å². The minimum absolute atomic E-state index is 0.136. The lowest BCUT2D eigenvalue weighted by molar-refractivity contribution is -0.0657. The van der Waals surface area contributed by atoms with E-state index in [1.807, 2.05) is 13.1 Å². The zero-order valence-electron chi connectivity index (χ0n) is 13.2. The van der Waals surface area contributed by atoms with Crippen LogP contribution in [0.2, 0.25) is 0 Å². The van der Waals surface area contributed by atoms with E-state index in [-0.39, 0.29) is 17.5 Å². The van der Waals surface area contributed by atoms with Crippen molar-refractivity contribution in [2.24, 2.45) is 0 Å². The first-order valence-electron chi connectivity index (χ1n) is 7.70. The average Bonchev–Trinajstić information content (AvgIpc) is 2.53. The zero-order chi connectivity index (χ0) is 15.3. The number of methoxy groups -OCH3 is 2. The molecule has 118 valence electrons. The minimum Gasteiger partial charge on any atom is -0.494 e. The van der Waals surface area contributed by atoms with Crippen molar-refractivity contribution in [3.63, 3.8) is 0 Å². The third kappa shape index (κ3) is 3.55. The van der Waals surface area contributed by atoms with E-state index in [9.17, 15) is 4.39 Å². The Hall–Kier alpha value is -1.13. The van der Waals surface area contributed by atoms with Gasteiger partial charge in [0.05, 0.1) is 12.7 Å². The molecule has 3 nitrogen and oxygen atoms in total. The Labute approximate surface area is 126 Å². The van der Waals surface area contributed by atoms with Gasteiger partial charge in [0.1, 0.15) is 0 Å². The summed E-state index contributed by atoms with van der Waals surface area (Å²) in [5.74, 6) is -0.0150. The monoisotopic (exact) mass is 295 g/mol. The number of hydrogen-bond donors (Lipinski definition) is 1. The fourth-order valence-electron chi connectivity index (χ4n) is 3.47. The van der Waals surface area contributed by atoms with E-state index in [2.05, 4.69) is 5.32 Å². The highest BCUT2D eigenvalue weighted by atomic mass is 19.1. The van der Waals surface area contributed by atoms with Crippen LogP contribution >= 0.6 is 0 Å². The Balaban J connectivity index is 2.16. The molecule has 0 bridgehead atoms. The Bertz CT molecular complexity index is 458. The van der Waals surface area contributed by atoms with E-state index in [4.69, 9.17) is 9.47 Å². The Morgan fingerprint density at radius 2 is 1.95 bits per heavy atom. The highest BCUT2D eigenvalue weighted by molar-refractivity contribution is 5.30. The zero-order valence-corrected chi connectivity index (χ0v) is 13.2. The predicted molar refractivity (Wildman–Crippen MR) is 82.3 cm³/mol. The molecule has 21 heavy (non-hydrogen) atoms. The van der Waals surface area contributed by atoms with Gasteiger partial charge in [0.15, 0.2) is 11.6 Å². The Kier molecular flexibility index (Phi) is 5.59. The van der Waals surface area contributed by atoms with E-state index >= 15 is 0 Å². The van der Waals surface area contributed by atoms with E-state index in [0.717, 1.165) is 24.8 Å². The molecule has 1 fully saturated rings. The molecule has 1 unspecified atom stereocenters. The number of benzene rings is 1. The number of likely N-dealkylation sites (N-methyl/N-ethyl adjacent to an activating group) is 1. The summed E-state index contributed by atoms with van der Waals surface area (Å²) in [5, 5.41) is 3.38. The van der Waals surface area contributed by atoms with Gasteiger partial charge in [-0.15, -0.1) is 0 Å². The second-order valence-electron chi connectivity index (χ2n) is 5.84. The average molecular weight is 295 g/mol. The molecular formula is C17H26FNO2. The highest BCUT2D eigenvalue weighted by Crippen LogP contribution is 2.35. The van der Waals surface area contributed by atoms with Crippen LogP contribution in [0.25, 0.3) is 0 Å². The topological polar surface area (TPSA) is 30.5 Å². The standard InChI is InChI=1S/C17H26FNO2/c1-19-16(17(21-3)9-5-4-6-10-17)12-13-7-8-15(20-2)14(18)11-13/h7-8,11,16,19H,4-6,9-10,12H2,1-3H3.